The molecule has 0 bridgehead atoms. The van der Waals surface area contributed by atoms with Gasteiger partial charge in [0.05, 0.1) is 4.92 Å². The zero-order chi connectivity index (χ0) is 13.6. The minimum Gasteiger partial charge on any atom is -0.368 e. The van der Waals surface area contributed by atoms with Crippen LogP contribution < -0.4 is 0 Å². The molecule has 0 amide bonds. The van der Waals surface area contributed by atoms with Crippen LogP contribution >= 0.6 is 0 Å². The number of H-pyrrole nitrogens is 1. The molecule has 0 aliphatic heterocycles. The second kappa shape index (κ2) is 5.94. The van der Waals surface area contributed by atoms with Crippen LogP contribution in [0.1, 0.15) is 0 Å². The van der Waals surface area contributed by atoms with E-state index in [1.165, 1.54) is 6.07 Å². The second-order valence-electron chi connectivity index (χ2n) is 3.11. The Balaban J connectivity index is 0.000000269. The molecule has 18 heavy (non-hydrogen) atoms. The zero-order valence-electron chi connectivity index (χ0n) is 9.05. The fourth-order valence-corrected chi connectivity index (χ4v) is 1.56. The van der Waals surface area contributed by atoms with Crippen LogP contribution in [0.5, 0.6) is 0 Å². The van der Waals surface area contributed by atoms with Gasteiger partial charge >= 0.3 is 0 Å². The molecule has 2 rings (SSSR count). The van der Waals surface area contributed by atoms with Crippen molar-refractivity contribution in [2.45, 2.75) is 4.90 Å². The number of benzene rings is 1. The summed E-state index contributed by atoms with van der Waals surface area (Å²) in [4.78, 5) is 11.8. The van der Waals surface area contributed by atoms with Crippen molar-refractivity contribution < 1.29 is 17.9 Å². The number of nitro benzene ring substituents is 1. The number of non-ortho nitro benzene ring substituents is 1. The molecule has 0 saturated carbocycles. The molecule has 0 aliphatic carbocycles. The number of nitrogens with one attached hydrogen (secondary N) is 1. The fourth-order valence-electron chi connectivity index (χ4n) is 1.04. The Labute approximate surface area is 103 Å². The van der Waals surface area contributed by atoms with E-state index < -0.39 is 19.9 Å². The Morgan fingerprint density at radius 1 is 1.17 bits per heavy atom. The quantitative estimate of drug-likeness (QED) is 0.491. The summed E-state index contributed by atoms with van der Waals surface area (Å²) < 4.78 is 29.6. The maximum atomic E-state index is 10.5. The Bertz CT molecular complexity index is 590. The van der Waals surface area contributed by atoms with Gasteiger partial charge in [-0.1, -0.05) is 6.07 Å². The highest BCUT2D eigenvalue weighted by atomic mass is 32.2. The van der Waals surface area contributed by atoms with E-state index in [4.69, 9.17) is 4.55 Å². The van der Waals surface area contributed by atoms with Crippen LogP contribution in [0.15, 0.2) is 53.7 Å². The molecule has 1 heterocycles. The molecule has 0 fully saturated rings. The molecule has 0 unspecified atom stereocenters. The molecule has 2 N–H and O–H groups in total. The van der Waals surface area contributed by atoms with Gasteiger partial charge in [-0.05, 0) is 18.2 Å². The molecule has 8 heteroatoms. The lowest BCUT2D eigenvalue weighted by atomic mass is 10.3. The summed E-state index contributed by atoms with van der Waals surface area (Å²) in [6, 6.07) is 8.06. The van der Waals surface area contributed by atoms with Gasteiger partial charge in [0, 0.05) is 24.5 Å². The first-order chi connectivity index (χ1) is 8.41. The molecule has 7 nitrogen and oxygen atoms in total. The Hall–Kier alpha value is -2.19. The van der Waals surface area contributed by atoms with Crippen molar-refractivity contribution >= 4 is 15.8 Å². The van der Waals surface area contributed by atoms with Gasteiger partial charge in [0.25, 0.3) is 15.8 Å². The van der Waals surface area contributed by atoms with E-state index in [2.05, 4.69) is 4.98 Å². The molecule has 0 saturated heterocycles. The normalized spacial score (nSPS) is 10.3. The standard InChI is InChI=1S/C6H5NO5S.C4H5N/c8-7(9)5-2-1-3-6(4-5)13(10,11)12;1-2-4-5-3-1/h1-4H,(H,10,11,12);1-5H. The van der Waals surface area contributed by atoms with Crippen LogP contribution in [0, 0.1) is 10.1 Å². The van der Waals surface area contributed by atoms with E-state index in [1.54, 1.807) is 0 Å². The summed E-state index contributed by atoms with van der Waals surface area (Å²) in [6.07, 6.45) is 3.75. The zero-order valence-corrected chi connectivity index (χ0v) is 9.87. The van der Waals surface area contributed by atoms with Crippen molar-refractivity contribution in [3.05, 3.63) is 58.9 Å². The predicted molar refractivity (Wildman–Crippen MR) is 63.7 cm³/mol. The SMILES string of the molecule is O=[N+]([O-])c1cccc(S(=O)(=O)O)c1.c1cc[nH]c1. The number of aromatic nitrogens is 1. The van der Waals surface area contributed by atoms with Crippen molar-refractivity contribution in [1.29, 1.82) is 0 Å². The van der Waals surface area contributed by atoms with E-state index in [0.717, 1.165) is 18.2 Å². The molecule has 0 spiro atoms. The lowest BCUT2D eigenvalue weighted by Crippen LogP contribution is -1.98. The third-order valence-corrected chi connectivity index (χ3v) is 2.67. The van der Waals surface area contributed by atoms with E-state index in [9.17, 15) is 18.5 Å². The minimum atomic E-state index is -4.36. The highest BCUT2D eigenvalue weighted by Crippen LogP contribution is 2.16. The third-order valence-electron chi connectivity index (χ3n) is 1.82. The van der Waals surface area contributed by atoms with Crippen LogP contribution in [-0.2, 0) is 10.1 Å². The van der Waals surface area contributed by atoms with Gasteiger partial charge in [-0.2, -0.15) is 8.42 Å². The van der Waals surface area contributed by atoms with Gasteiger partial charge in [0.15, 0.2) is 0 Å². The molecular formula is C10H10N2O5S. The van der Waals surface area contributed by atoms with Crippen molar-refractivity contribution in [1.82, 2.24) is 4.98 Å². The van der Waals surface area contributed by atoms with Crippen LogP contribution in [0.3, 0.4) is 0 Å². The van der Waals surface area contributed by atoms with Crippen LogP contribution in [0.4, 0.5) is 5.69 Å². The fraction of sp³-hybridized carbons (Fsp3) is 0. The first-order valence-corrected chi connectivity index (χ1v) is 6.15. The van der Waals surface area contributed by atoms with Gasteiger partial charge in [-0.25, -0.2) is 0 Å². The predicted octanol–water partition coefficient (Wildman–Crippen LogP) is 1.86. The summed E-state index contributed by atoms with van der Waals surface area (Å²) in [5.74, 6) is 0. The van der Waals surface area contributed by atoms with Gasteiger partial charge < -0.3 is 4.98 Å². The second-order valence-corrected chi connectivity index (χ2v) is 4.54. The van der Waals surface area contributed by atoms with E-state index in [-0.39, 0.29) is 5.69 Å². The van der Waals surface area contributed by atoms with Crippen LogP contribution in [0.2, 0.25) is 0 Å². The topological polar surface area (TPSA) is 113 Å². The minimum absolute atomic E-state index is 0.380. The lowest BCUT2D eigenvalue weighted by molar-refractivity contribution is -0.385. The number of rotatable bonds is 2. The maximum absolute atomic E-state index is 10.5. The largest absolute Gasteiger partial charge is 0.368 e. The molecule has 0 atom stereocenters. The van der Waals surface area contributed by atoms with E-state index in [1.807, 2.05) is 24.5 Å². The first kappa shape index (κ1) is 13.9. The molecule has 96 valence electrons. The molecule has 0 radical (unpaired) electrons. The van der Waals surface area contributed by atoms with E-state index >= 15 is 0 Å². The third kappa shape index (κ3) is 4.36. The van der Waals surface area contributed by atoms with Gasteiger partial charge in [0.2, 0.25) is 0 Å². The van der Waals surface area contributed by atoms with Crippen molar-refractivity contribution in [3.63, 3.8) is 0 Å². The summed E-state index contributed by atoms with van der Waals surface area (Å²) in [6.45, 7) is 0. The van der Waals surface area contributed by atoms with Gasteiger partial charge in [0.1, 0.15) is 4.90 Å². The smallest absolute Gasteiger partial charge is 0.294 e. The number of hydrogen-bond acceptors (Lipinski definition) is 4. The Kier molecular flexibility index (Phi) is 4.58. The lowest BCUT2D eigenvalue weighted by Gasteiger charge is -1.95. The first-order valence-electron chi connectivity index (χ1n) is 4.71. The monoisotopic (exact) mass is 270 g/mol. The summed E-state index contributed by atoms with van der Waals surface area (Å²) in [5.41, 5.74) is -0.380. The van der Waals surface area contributed by atoms with Crippen molar-refractivity contribution in [2.75, 3.05) is 0 Å². The number of nitrogens with zero attached hydrogens (tertiary/aromatic N) is 1. The average molecular weight is 270 g/mol. The van der Waals surface area contributed by atoms with Crippen LogP contribution in [0.25, 0.3) is 0 Å². The maximum Gasteiger partial charge on any atom is 0.294 e. The highest BCUT2D eigenvalue weighted by molar-refractivity contribution is 7.85. The Morgan fingerprint density at radius 3 is 2.17 bits per heavy atom. The molecule has 0 aliphatic rings. The average Bonchev–Trinajstić information content (AvgIpc) is 2.86. The molecule has 1 aromatic carbocycles. The van der Waals surface area contributed by atoms with Crippen molar-refractivity contribution in [3.8, 4) is 0 Å². The van der Waals surface area contributed by atoms with Crippen LogP contribution in [-0.4, -0.2) is 22.9 Å². The molecule has 2 aromatic rings. The number of nitro groups is 1. The number of aromatic amines is 1. The van der Waals surface area contributed by atoms with Gasteiger partial charge in [-0.3, -0.25) is 14.7 Å². The number of hydrogen-bond donors (Lipinski definition) is 2. The van der Waals surface area contributed by atoms with Gasteiger partial charge in [-0.15, -0.1) is 0 Å². The Morgan fingerprint density at radius 2 is 1.78 bits per heavy atom. The summed E-state index contributed by atoms with van der Waals surface area (Å²) in [7, 11) is -4.36. The summed E-state index contributed by atoms with van der Waals surface area (Å²) in [5, 5.41) is 10.2. The van der Waals surface area contributed by atoms with Crippen molar-refractivity contribution in [2.24, 2.45) is 0 Å². The highest BCUT2D eigenvalue weighted by Gasteiger charge is 2.13. The summed E-state index contributed by atoms with van der Waals surface area (Å²) >= 11 is 0. The molecular weight excluding hydrogens is 260 g/mol. The molecule has 1 aromatic heterocycles. The van der Waals surface area contributed by atoms with E-state index in [0.29, 0.717) is 0 Å².